The first-order chi connectivity index (χ1) is 9.88. The van der Waals surface area contributed by atoms with Crippen molar-refractivity contribution >= 4 is 52.1 Å². The first-order valence-electron chi connectivity index (χ1n) is 5.44. The molecular formula is C12H6Cl4N2O3. The highest BCUT2D eigenvalue weighted by molar-refractivity contribution is 6.42. The predicted molar refractivity (Wildman–Crippen MR) is 81.7 cm³/mol. The fourth-order valence-corrected chi connectivity index (χ4v) is 2.21. The number of nitro benzene ring substituents is 1. The van der Waals surface area contributed by atoms with Crippen LogP contribution in [0.15, 0.2) is 24.4 Å². The Balaban J connectivity index is 2.27. The molecule has 0 spiro atoms. The molecule has 0 fully saturated rings. The van der Waals surface area contributed by atoms with Crippen molar-refractivity contribution < 1.29 is 9.66 Å². The third kappa shape index (κ3) is 3.89. The summed E-state index contributed by atoms with van der Waals surface area (Å²) < 4.78 is 5.39. The smallest absolute Gasteiger partial charge is 0.312 e. The molecule has 2 aromatic rings. The second-order valence-electron chi connectivity index (χ2n) is 3.88. The van der Waals surface area contributed by atoms with Crippen molar-refractivity contribution in [1.29, 1.82) is 0 Å². The summed E-state index contributed by atoms with van der Waals surface area (Å²) in [5.41, 5.74) is 0.240. The fourth-order valence-electron chi connectivity index (χ4n) is 1.47. The van der Waals surface area contributed by atoms with E-state index in [4.69, 9.17) is 51.1 Å². The minimum atomic E-state index is -0.612. The minimum absolute atomic E-state index is 0.0135. The fraction of sp³-hybridized carbons (Fsp3) is 0.0833. The van der Waals surface area contributed by atoms with Gasteiger partial charge in [0.1, 0.15) is 11.8 Å². The Hall–Kier alpha value is -1.27. The lowest BCUT2D eigenvalue weighted by Crippen LogP contribution is -2.00. The molecule has 5 nitrogen and oxygen atoms in total. The molecule has 0 saturated heterocycles. The number of halogens is 4. The average Bonchev–Trinajstić information content (AvgIpc) is 2.41. The molecule has 9 heteroatoms. The number of nitrogens with zero attached hydrogens (tertiary/aromatic N) is 2. The molecule has 0 N–H and O–H groups in total. The summed E-state index contributed by atoms with van der Waals surface area (Å²) in [7, 11) is 0. The van der Waals surface area contributed by atoms with E-state index in [0.29, 0.717) is 10.6 Å². The number of nitro groups is 1. The van der Waals surface area contributed by atoms with E-state index >= 15 is 0 Å². The van der Waals surface area contributed by atoms with Crippen molar-refractivity contribution in [1.82, 2.24) is 4.98 Å². The Morgan fingerprint density at radius 1 is 1.10 bits per heavy atom. The molecule has 0 saturated carbocycles. The molecule has 0 aliphatic carbocycles. The van der Waals surface area contributed by atoms with Crippen LogP contribution >= 0.6 is 46.4 Å². The predicted octanol–water partition coefficient (Wildman–Crippen LogP) is 5.18. The molecule has 1 aromatic carbocycles. The van der Waals surface area contributed by atoms with E-state index in [2.05, 4.69) is 4.98 Å². The number of hydrogen-bond acceptors (Lipinski definition) is 4. The molecule has 0 aliphatic heterocycles. The molecule has 2 rings (SSSR count). The quantitative estimate of drug-likeness (QED) is 0.424. The minimum Gasteiger partial charge on any atom is -0.482 e. The number of aromatic nitrogens is 1. The van der Waals surface area contributed by atoms with Crippen LogP contribution in [0.2, 0.25) is 20.2 Å². The molecule has 0 amide bonds. The van der Waals surface area contributed by atoms with Crippen LogP contribution in [0.25, 0.3) is 0 Å². The number of pyridine rings is 1. The number of rotatable bonds is 4. The Morgan fingerprint density at radius 2 is 1.76 bits per heavy atom. The Morgan fingerprint density at radius 3 is 2.38 bits per heavy atom. The van der Waals surface area contributed by atoms with Gasteiger partial charge in [-0.05, 0) is 6.07 Å². The third-order valence-electron chi connectivity index (χ3n) is 2.48. The van der Waals surface area contributed by atoms with Crippen molar-refractivity contribution in [2.45, 2.75) is 6.61 Å². The third-order valence-corrected chi connectivity index (χ3v) is 3.76. The van der Waals surface area contributed by atoms with E-state index in [0.717, 1.165) is 6.07 Å². The summed E-state index contributed by atoms with van der Waals surface area (Å²) >= 11 is 23.2. The van der Waals surface area contributed by atoms with Gasteiger partial charge in [-0.15, -0.1) is 0 Å². The van der Waals surface area contributed by atoms with E-state index in [1.54, 1.807) is 0 Å². The van der Waals surface area contributed by atoms with E-state index in [1.807, 2.05) is 0 Å². The molecule has 0 unspecified atom stereocenters. The van der Waals surface area contributed by atoms with Crippen molar-refractivity contribution in [2.24, 2.45) is 0 Å². The maximum absolute atomic E-state index is 11.0. The molecule has 0 atom stereocenters. The van der Waals surface area contributed by atoms with Gasteiger partial charge in [-0.25, -0.2) is 4.98 Å². The lowest BCUT2D eigenvalue weighted by atomic mass is 10.3. The maximum Gasteiger partial charge on any atom is 0.312 e. The molecule has 1 aromatic heterocycles. The van der Waals surface area contributed by atoms with Crippen LogP contribution in [-0.2, 0) is 6.61 Å². The first kappa shape index (κ1) is 16.1. The molecule has 1 heterocycles. The van der Waals surface area contributed by atoms with Crippen molar-refractivity contribution in [3.8, 4) is 5.75 Å². The lowest BCUT2D eigenvalue weighted by molar-refractivity contribution is -0.385. The van der Waals surface area contributed by atoms with Crippen LogP contribution in [-0.4, -0.2) is 9.91 Å². The van der Waals surface area contributed by atoms with E-state index in [9.17, 15) is 10.1 Å². The van der Waals surface area contributed by atoms with Crippen LogP contribution in [0.3, 0.4) is 0 Å². The van der Waals surface area contributed by atoms with Crippen LogP contribution < -0.4 is 4.74 Å². The Labute approximate surface area is 139 Å². The molecule has 21 heavy (non-hydrogen) atoms. The van der Waals surface area contributed by atoms with E-state index < -0.39 is 4.92 Å². The lowest BCUT2D eigenvalue weighted by Gasteiger charge is -2.09. The van der Waals surface area contributed by atoms with Crippen LogP contribution in [0.5, 0.6) is 5.75 Å². The summed E-state index contributed by atoms with van der Waals surface area (Å²) in [5, 5.41) is 11.8. The summed E-state index contributed by atoms with van der Waals surface area (Å²) in [6.45, 7) is -0.0260. The van der Waals surface area contributed by atoms with E-state index in [-0.39, 0.29) is 33.2 Å². The second kappa shape index (κ2) is 6.66. The summed E-state index contributed by atoms with van der Waals surface area (Å²) in [5.74, 6) is -0.0135. The highest BCUT2D eigenvalue weighted by Gasteiger charge is 2.19. The zero-order chi connectivity index (χ0) is 15.6. The standard InChI is InChI=1S/C12H6Cl4N2O3/c13-7-3-12(16)17-4-6(7)5-21-11-2-9(15)8(14)1-10(11)18(19)20/h1-4H,5H2. The monoisotopic (exact) mass is 366 g/mol. The Bertz CT molecular complexity index is 709. The number of ether oxygens (including phenoxy) is 1. The van der Waals surface area contributed by atoms with Gasteiger partial charge < -0.3 is 4.74 Å². The van der Waals surface area contributed by atoms with Gasteiger partial charge in [0.2, 0.25) is 0 Å². The zero-order valence-electron chi connectivity index (χ0n) is 10.1. The van der Waals surface area contributed by atoms with Gasteiger partial charge in [-0.3, -0.25) is 10.1 Å². The normalized spacial score (nSPS) is 10.5. The molecule has 0 aliphatic rings. The molecular weight excluding hydrogens is 362 g/mol. The van der Waals surface area contributed by atoms with Crippen LogP contribution in [0.1, 0.15) is 5.56 Å². The van der Waals surface area contributed by atoms with Gasteiger partial charge in [-0.1, -0.05) is 46.4 Å². The average molecular weight is 368 g/mol. The van der Waals surface area contributed by atoms with Gasteiger partial charge in [0.25, 0.3) is 0 Å². The SMILES string of the molecule is O=[N+]([O-])c1cc(Cl)c(Cl)cc1OCc1cnc(Cl)cc1Cl. The highest BCUT2D eigenvalue weighted by Crippen LogP contribution is 2.36. The zero-order valence-corrected chi connectivity index (χ0v) is 13.2. The maximum atomic E-state index is 11.0. The van der Waals surface area contributed by atoms with Gasteiger partial charge in [-0.2, -0.15) is 0 Å². The largest absolute Gasteiger partial charge is 0.482 e. The van der Waals surface area contributed by atoms with Crippen LogP contribution in [0, 0.1) is 10.1 Å². The summed E-state index contributed by atoms with van der Waals surface area (Å²) in [6.07, 6.45) is 1.42. The number of hydrogen-bond donors (Lipinski definition) is 0. The molecule has 110 valence electrons. The van der Waals surface area contributed by atoms with Crippen LogP contribution in [0.4, 0.5) is 5.69 Å². The van der Waals surface area contributed by atoms with Gasteiger partial charge in [0.15, 0.2) is 5.75 Å². The number of benzene rings is 1. The molecule has 0 bridgehead atoms. The van der Waals surface area contributed by atoms with Crippen molar-refractivity contribution in [3.05, 3.63) is 60.3 Å². The highest BCUT2D eigenvalue weighted by atomic mass is 35.5. The van der Waals surface area contributed by atoms with Gasteiger partial charge in [0.05, 0.1) is 20.0 Å². The Kier molecular flexibility index (Phi) is 5.11. The van der Waals surface area contributed by atoms with Gasteiger partial charge >= 0.3 is 5.69 Å². The van der Waals surface area contributed by atoms with Gasteiger partial charge in [0, 0.05) is 23.9 Å². The molecule has 0 radical (unpaired) electrons. The topological polar surface area (TPSA) is 65.3 Å². The van der Waals surface area contributed by atoms with Crippen molar-refractivity contribution in [2.75, 3.05) is 0 Å². The van der Waals surface area contributed by atoms with E-state index in [1.165, 1.54) is 18.3 Å². The first-order valence-corrected chi connectivity index (χ1v) is 6.96. The summed E-state index contributed by atoms with van der Waals surface area (Å²) in [6, 6.07) is 3.85. The summed E-state index contributed by atoms with van der Waals surface area (Å²) in [4.78, 5) is 14.2. The van der Waals surface area contributed by atoms with Crippen molar-refractivity contribution in [3.63, 3.8) is 0 Å². The second-order valence-corrected chi connectivity index (χ2v) is 5.49.